The molecule has 0 unspecified atom stereocenters. The van der Waals surface area contributed by atoms with E-state index in [2.05, 4.69) is 4.72 Å². The van der Waals surface area contributed by atoms with Gasteiger partial charge in [0.25, 0.3) is 20.1 Å². The summed E-state index contributed by atoms with van der Waals surface area (Å²) in [5, 5.41) is 9.71. The SMILES string of the molecule is Cc1ccc(S(=O)(=O)Nc2ccc(S(=O)(=O)O)cc2O)cc1. The van der Waals surface area contributed by atoms with Crippen molar-refractivity contribution in [1.29, 1.82) is 0 Å². The largest absolute Gasteiger partial charge is 0.506 e. The van der Waals surface area contributed by atoms with Crippen LogP contribution < -0.4 is 4.72 Å². The number of phenolic OH excluding ortho intramolecular Hbond substituents is 1. The zero-order valence-corrected chi connectivity index (χ0v) is 13.0. The van der Waals surface area contributed by atoms with Crippen LogP contribution in [0.4, 0.5) is 5.69 Å². The van der Waals surface area contributed by atoms with Crippen LogP contribution in [0.25, 0.3) is 0 Å². The van der Waals surface area contributed by atoms with Crippen LogP contribution in [-0.4, -0.2) is 26.5 Å². The van der Waals surface area contributed by atoms with Crippen LogP contribution in [0, 0.1) is 6.92 Å². The molecular weight excluding hydrogens is 330 g/mol. The summed E-state index contributed by atoms with van der Waals surface area (Å²) in [5.74, 6) is -0.620. The summed E-state index contributed by atoms with van der Waals surface area (Å²) in [5.41, 5.74) is 0.687. The summed E-state index contributed by atoms with van der Waals surface area (Å²) < 4.78 is 57.2. The average molecular weight is 343 g/mol. The van der Waals surface area contributed by atoms with Crippen LogP contribution in [0.2, 0.25) is 0 Å². The van der Waals surface area contributed by atoms with Gasteiger partial charge >= 0.3 is 0 Å². The van der Waals surface area contributed by atoms with E-state index in [9.17, 15) is 21.9 Å². The molecule has 22 heavy (non-hydrogen) atoms. The first-order chi connectivity index (χ1) is 10.1. The minimum Gasteiger partial charge on any atom is -0.506 e. The summed E-state index contributed by atoms with van der Waals surface area (Å²) >= 11 is 0. The Labute approximate surface area is 128 Å². The molecule has 0 saturated heterocycles. The monoisotopic (exact) mass is 343 g/mol. The summed E-state index contributed by atoms with van der Waals surface area (Å²) in [7, 11) is -8.40. The molecule has 0 aliphatic rings. The van der Waals surface area contributed by atoms with Gasteiger partial charge in [-0.25, -0.2) is 8.42 Å². The van der Waals surface area contributed by atoms with E-state index in [-0.39, 0.29) is 10.6 Å². The zero-order chi connectivity index (χ0) is 16.5. The predicted octanol–water partition coefficient (Wildman–Crippen LogP) is 1.75. The van der Waals surface area contributed by atoms with Gasteiger partial charge in [-0.15, -0.1) is 0 Å². The lowest BCUT2D eigenvalue weighted by Gasteiger charge is -2.10. The van der Waals surface area contributed by atoms with E-state index in [0.717, 1.165) is 23.8 Å². The van der Waals surface area contributed by atoms with E-state index in [1.165, 1.54) is 12.1 Å². The minimum absolute atomic E-state index is 0.00337. The van der Waals surface area contributed by atoms with Gasteiger partial charge in [0.2, 0.25) is 0 Å². The van der Waals surface area contributed by atoms with Gasteiger partial charge < -0.3 is 5.11 Å². The molecule has 118 valence electrons. The van der Waals surface area contributed by atoms with Gasteiger partial charge in [0, 0.05) is 6.07 Å². The average Bonchev–Trinajstić information content (AvgIpc) is 2.40. The molecule has 0 bridgehead atoms. The predicted molar refractivity (Wildman–Crippen MR) is 79.9 cm³/mol. The number of aryl methyl sites for hydroxylation is 1. The molecule has 0 aliphatic carbocycles. The number of sulfonamides is 1. The first-order valence-corrected chi connectivity index (χ1v) is 8.92. The smallest absolute Gasteiger partial charge is 0.294 e. The van der Waals surface area contributed by atoms with Gasteiger partial charge in [-0.3, -0.25) is 9.27 Å². The van der Waals surface area contributed by atoms with Gasteiger partial charge in [-0.1, -0.05) is 17.7 Å². The lowest BCUT2D eigenvalue weighted by atomic mass is 10.2. The Hall–Kier alpha value is -2.10. The van der Waals surface area contributed by atoms with Crippen molar-refractivity contribution in [1.82, 2.24) is 0 Å². The number of anilines is 1. The van der Waals surface area contributed by atoms with Crippen LogP contribution in [0.15, 0.2) is 52.3 Å². The maximum Gasteiger partial charge on any atom is 0.294 e. The van der Waals surface area contributed by atoms with Gasteiger partial charge in [0.15, 0.2) is 0 Å². The van der Waals surface area contributed by atoms with E-state index < -0.39 is 30.8 Å². The highest BCUT2D eigenvalue weighted by Crippen LogP contribution is 2.28. The van der Waals surface area contributed by atoms with Crippen molar-refractivity contribution in [2.75, 3.05) is 4.72 Å². The van der Waals surface area contributed by atoms with Crippen LogP contribution in [0.1, 0.15) is 5.56 Å². The summed E-state index contributed by atoms with van der Waals surface area (Å²) in [6, 6.07) is 8.82. The third-order valence-electron chi connectivity index (χ3n) is 2.84. The van der Waals surface area contributed by atoms with Crippen molar-refractivity contribution >= 4 is 25.8 Å². The molecule has 0 heterocycles. The molecule has 7 nitrogen and oxygen atoms in total. The molecule has 0 aromatic heterocycles. The Kier molecular flexibility index (Phi) is 4.14. The number of rotatable bonds is 4. The molecular formula is C13H13NO6S2. The van der Waals surface area contributed by atoms with E-state index in [0.29, 0.717) is 0 Å². The van der Waals surface area contributed by atoms with Crippen molar-refractivity contribution in [3.05, 3.63) is 48.0 Å². The molecule has 0 fully saturated rings. The van der Waals surface area contributed by atoms with Crippen molar-refractivity contribution < 1.29 is 26.5 Å². The van der Waals surface area contributed by atoms with Crippen molar-refractivity contribution in [3.63, 3.8) is 0 Å². The first kappa shape index (κ1) is 16.3. The van der Waals surface area contributed by atoms with Crippen molar-refractivity contribution in [2.24, 2.45) is 0 Å². The maximum atomic E-state index is 12.2. The Balaban J connectivity index is 2.36. The van der Waals surface area contributed by atoms with Crippen molar-refractivity contribution in [3.8, 4) is 5.75 Å². The standard InChI is InChI=1S/C13H13NO6S2/c1-9-2-4-10(5-3-9)21(16,17)14-12-7-6-11(8-13(12)15)22(18,19)20/h2-8,14-15H,1H3,(H,18,19,20). The van der Waals surface area contributed by atoms with Crippen LogP contribution in [0.3, 0.4) is 0 Å². The lowest BCUT2D eigenvalue weighted by Crippen LogP contribution is -2.13. The fourth-order valence-electron chi connectivity index (χ4n) is 1.68. The lowest BCUT2D eigenvalue weighted by molar-refractivity contribution is 0.468. The molecule has 0 radical (unpaired) electrons. The summed E-state index contributed by atoms with van der Waals surface area (Å²) in [6.45, 7) is 1.81. The quantitative estimate of drug-likeness (QED) is 0.574. The minimum atomic E-state index is -4.48. The molecule has 0 atom stereocenters. The number of hydrogen-bond acceptors (Lipinski definition) is 5. The second-order valence-corrected chi connectivity index (χ2v) is 7.68. The Bertz CT molecular complexity index is 902. The van der Waals surface area contributed by atoms with E-state index >= 15 is 0 Å². The molecule has 2 aromatic rings. The van der Waals surface area contributed by atoms with Crippen molar-refractivity contribution in [2.45, 2.75) is 16.7 Å². The molecule has 0 spiro atoms. The third-order valence-corrected chi connectivity index (χ3v) is 5.07. The second kappa shape index (κ2) is 5.59. The topological polar surface area (TPSA) is 121 Å². The molecule has 0 aliphatic heterocycles. The van der Waals surface area contributed by atoms with Crippen LogP contribution in [-0.2, 0) is 20.1 Å². The van der Waals surface area contributed by atoms with Gasteiger partial charge in [0.1, 0.15) is 5.75 Å². The Morgan fingerprint density at radius 1 is 0.909 bits per heavy atom. The van der Waals surface area contributed by atoms with Gasteiger partial charge in [-0.2, -0.15) is 8.42 Å². The normalized spacial score (nSPS) is 12.1. The number of benzene rings is 2. The fourth-order valence-corrected chi connectivity index (χ4v) is 3.25. The molecule has 9 heteroatoms. The molecule has 2 rings (SSSR count). The Morgan fingerprint density at radius 3 is 1.95 bits per heavy atom. The van der Waals surface area contributed by atoms with E-state index in [1.807, 2.05) is 6.92 Å². The highest BCUT2D eigenvalue weighted by Gasteiger charge is 2.18. The van der Waals surface area contributed by atoms with E-state index in [4.69, 9.17) is 4.55 Å². The summed E-state index contributed by atoms with van der Waals surface area (Å²) in [6.07, 6.45) is 0. The molecule has 3 N–H and O–H groups in total. The molecule has 2 aromatic carbocycles. The van der Waals surface area contributed by atoms with Crippen LogP contribution >= 0.6 is 0 Å². The fraction of sp³-hybridized carbons (Fsp3) is 0.0769. The third kappa shape index (κ3) is 3.56. The molecule has 0 saturated carbocycles. The highest BCUT2D eigenvalue weighted by atomic mass is 32.2. The van der Waals surface area contributed by atoms with Gasteiger partial charge in [-0.05, 0) is 31.2 Å². The Morgan fingerprint density at radius 2 is 1.45 bits per heavy atom. The zero-order valence-electron chi connectivity index (χ0n) is 11.4. The van der Waals surface area contributed by atoms with E-state index in [1.54, 1.807) is 12.1 Å². The second-order valence-electron chi connectivity index (χ2n) is 4.57. The maximum absolute atomic E-state index is 12.2. The number of aromatic hydroxyl groups is 1. The van der Waals surface area contributed by atoms with Gasteiger partial charge in [0.05, 0.1) is 15.5 Å². The molecule has 0 amide bonds. The first-order valence-electron chi connectivity index (χ1n) is 5.99. The number of hydrogen-bond donors (Lipinski definition) is 3. The number of nitrogens with one attached hydrogen (secondary N) is 1. The number of phenols is 1. The summed E-state index contributed by atoms with van der Waals surface area (Å²) in [4.78, 5) is -0.542. The van der Waals surface area contributed by atoms with Crippen LogP contribution in [0.5, 0.6) is 5.75 Å². The highest BCUT2D eigenvalue weighted by molar-refractivity contribution is 7.92.